The van der Waals surface area contributed by atoms with E-state index in [1.807, 2.05) is 18.2 Å². The third-order valence-corrected chi connectivity index (χ3v) is 4.27. The molecule has 0 unspecified atom stereocenters. The number of benzene rings is 1. The zero-order valence-corrected chi connectivity index (χ0v) is 14.9. The second-order valence-electron chi connectivity index (χ2n) is 5.57. The summed E-state index contributed by atoms with van der Waals surface area (Å²) in [4.78, 5) is 2.09. The highest BCUT2D eigenvalue weighted by molar-refractivity contribution is 7.80. The summed E-state index contributed by atoms with van der Waals surface area (Å²) in [6.45, 7) is 7.52. The van der Waals surface area contributed by atoms with Gasteiger partial charge in [-0.3, -0.25) is 0 Å². The smallest absolute Gasteiger partial charge is 0.174 e. The van der Waals surface area contributed by atoms with E-state index in [1.54, 1.807) is 13.4 Å². The number of hydrogen-bond acceptors (Lipinski definition) is 3. The predicted octanol–water partition coefficient (Wildman–Crippen LogP) is 4.30. The van der Waals surface area contributed by atoms with E-state index in [1.165, 1.54) is 11.1 Å². The minimum Gasteiger partial charge on any atom is -0.467 e. The lowest BCUT2D eigenvalue weighted by molar-refractivity contribution is 0.160. The van der Waals surface area contributed by atoms with Crippen LogP contribution in [0.15, 0.2) is 41.0 Å². The molecule has 4 nitrogen and oxygen atoms in total. The zero-order chi connectivity index (χ0) is 16.8. The Morgan fingerprint density at radius 3 is 2.52 bits per heavy atom. The first-order valence-electron chi connectivity index (χ1n) is 7.70. The Bertz CT molecular complexity index is 620. The molecule has 0 saturated heterocycles. The van der Waals surface area contributed by atoms with Gasteiger partial charge in [-0.15, -0.1) is 0 Å². The van der Waals surface area contributed by atoms with Crippen molar-refractivity contribution in [2.24, 2.45) is 0 Å². The van der Waals surface area contributed by atoms with Crippen LogP contribution < -0.4 is 5.32 Å². The zero-order valence-electron chi connectivity index (χ0n) is 14.1. The van der Waals surface area contributed by atoms with Crippen molar-refractivity contribution in [1.29, 1.82) is 0 Å². The molecule has 2 aromatic rings. The van der Waals surface area contributed by atoms with Crippen LogP contribution in [-0.2, 0) is 4.74 Å². The molecule has 1 aromatic carbocycles. The summed E-state index contributed by atoms with van der Waals surface area (Å²) in [7, 11) is 1.69. The van der Waals surface area contributed by atoms with Gasteiger partial charge >= 0.3 is 0 Å². The molecule has 0 bridgehead atoms. The molecule has 0 aliphatic rings. The maximum Gasteiger partial charge on any atom is 0.174 e. The largest absolute Gasteiger partial charge is 0.467 e. The molecular formula is C18H24N2O2S. The van der Waals surface area contributed by atoms with Gasteiger partial charge < -0.3 is 19.4 Å². The van der Waals surface area contributed by atoms with E-state index in [2.05, 4.69) is 43.1 Å². The van der Waals surface area contributed by atoms with Crippen LogP contribution in [0.4, 0.5) is 5.69 Å². The fourth-order valence-corrected chi connectivity index (χ4v) is 2.89. The Morgan fingerprint density at radius 2 is 1.96 bits per heavy atom. The normalized spacial score (nSPS) is 12.0. The highest BCUT2D eigenvalue weighted by Gasteiger charge is 2.21. The van der Waals surface area contributed by atoms with Crippen molar-refractivity contribution < 1.29 is 9.15 Å². The molecular weight excluding hydrogens is 308 g/mol. The van der Waals surface area contributed by atoms with Gasteiger partial charge in [-0.2, -0.15) is 0 Å². The predicted molar refractivity (Wildman–Crippen MR) is 97.8 cm³/mol. The molecule has 1 heterocycles. The molecule has 0 fully saturated rings. The number of hydrogen-bond donors (Lipinski definition) is 1. The summed E-state index contributed by atoms with van der Waals surface area (Å²) < 4.78 is 10.8. The Kier molecular flexibility index (Phi) is 6.19. The SMILES string of the molecule is COCCN(C(=S)Nc1c(C)cccc1C)[C@H](C)c1ccco1. The lowest BCUT2D eigenvalue weighted by Crippen LogP contribution is -2.39. The quantitative estimate of drug-likeness (QED) is 0.798. The Hall–Kier alpha value is -1.85. The van der Waals surface area contributed by atoms with Gasteiger partial charge in [0.25, 0.3) is 0 Å². The highest BCUT2D eigenvalue weighted by Crippen LogP contribution is 2.24. The van der Waals surface area contributed by atoms with Crippen molar-refractivity contribution in [3.8, 4) is 0 Å². The van der Waals surface area contributed by atoms with Gasteiger partial charge in [0.2, 0.25) is 0 Å². The summed E-state index contributed by atoms with van der Waals surface area (Å²) in [6.07, 6.45) is 1.68. The van der Waals surface area contributed by atoms with Crippen LogP contribution >= 0.6 is 12.2 Å². The molecule has 0 radical (unpaired) electrons. The topological polar surface area (TPSA) is 37.6 Å². The second kappa shape index (κ2) is 8.13. The van der Waals surface area contributed by atoms with Crippen molar-refractivity contribution >= 4 is 23.0 Å². The summed E-state index contributed by atoms with van der Waals surface area (Å²) in [5.41, 5.74) is 3.40. The molecule has 5 heteroatoms. The Balaban J connectivity index is 2.19. The van der Waals surface area contributed by atoms with E-state index in [-0.39, 0.29) is 6.04 Å². The van der Waals surface area contributed by atoms with Crippen LogP contribution in [0.2, 0.25) is 0 Å². The van der Waals surface area contributed by atoms with Crippen molar-refractivity contribution in [2.75, 3.05) is 25.6 Å². The molecule has 0 amide bonds. The fourth-order valence-electron chi connectivity index (χ4n) is 2.53. The van der Waals surface area contributed by atoms with Crippen LogP contribution in [-0.4, -0.2) is 30.3 Å². The van der Waals surface area contributed by atoms with E-state index in [0.29, 0.717) is 18.3 Å². The van der Waals surface area contributed by atoms with E-state index >= 15 is 0 Å². The maximum absolute atomic E-state index is 5.66. The Morgan fingerprint density at radius 1 is 1.26 bits per heavy atom. The summed E-state index contributed by atoms with van der Waals surface area (Å²) in [5.74, 6) is 0.881. The number of nitrogens with one attached hydrogen (secondary N) is 1. The lowest BCUT2D eigenvalue weighted by Gasteiger charge is -2.31. The standard InChI is InChI=1S/C18H24N2O2S/c1-13-7-5-8-14(2)17(13)19-18(23)20(10-12-21-4)15(3)16-9-6-11-22-16/h5-9,11,15H,10,12H2,1-4H3,(H,19,23)/t15-/m1/s1. The van der Waals surface area contributed by atoms with Crippen molar-refractivity contribution in [1.82, 2.24) is 4.90 Å². The third kappa shape index (κ3) is 4.33. The number of rotatable bonds is 6. The molecule has 1 atom stereocenters. The average molecular weight is 332 g/mol. The van der Waals surface area contributed by atoms with Gasteiger partial charge in [0.05, 0.1) is 18.9 Å². The molecule has 1 aromatic heterocycles. The summed E-state index contributed by atoms with van der Waals surface area (Å²) >= 11 is 5.66. The number of furan rings is 1. The van der Waals surface area contributed by atoms with Gasteiger partial charge in [0.1, 0.15) is 5.76 Å². The minimum absolute atomic E-state index is 0.0319. The first kappa shape index (κ1) is 17.5. The molecule has 0 saturated carbocycles. The minimum atomic E-state index is 0.0319. The van der Waals surface area contributed by atoms with Gasteiger partial charge in [0.15, 0.2) is 5.11 Å². The molecule has 0 spiro atoms. The van der Waals surface area contributed by atoms with Crippen molar-refractivity contribution in [3.63, 3.8) is 0 Å². The molecule has 1 N–H and O–H groups in total. The number of aryl methyl sites for hydroxylation is 2. The lowest BCUT2D eigenvalue weighted by atomic mass is 10.1. The van der Waals surface area contributed by atoms with Gasteiger partial charge in [-0.1, -0.05) is 18.2 Å². The second-order valence-corrected chi connectivity index (χ2v) is 5.96. The number of nitrogens with zero attached hydrogens (tertiary/aromatic N) is 1. The van der Waals surface area contributed by atoms with Crippen LogP contribution in [0.3, 0.4) is 0 Å². The fraction of sp³-hybridized carbons (Fsp3) is 0.389. The number of para-hydroxylation sites is 1. The highest BCUT2D eigenvalue weighted by atomic mass is 32.1. The molecule has 23 heavy (non-hydrogen) atoms. The average Bonchev–Trinajstić information content (AvgIpc) is 3.05. The van der Waals surface area contributed by atoms with Crippen LogP contribution in [0, 0.1) is 13.8 Å². The Labute approximate surface area is 143 Å². The first-order valence-corrected chi connectivity index (χ1v) is 8.11. The monoisotopic (exact) mass is 332 g/mol. The molecule has 0 aliphatic carbocycles. The molecule has 2 rings (SSSR count). The number of thiocarbonyl (C=S) groups is 1. The van der Waals surface area contributed by atoms with E-state index in [9.17, 15) is 0 Å². The van der Waals surface area contributed by atoms with Crippen molar-refractivity contribution in [2.45, 2.75) is 26.8 Å². The van der Waals surface area contributed by atoms with Crippen LogP contribution in [0.25, 0.3) is 0 Å². The van der Waals surface area contributed by atoms with Crippen molar-refractivity contribution in [3.05, 3.63) is 53.5 Å². The first-order chi connectivity index (χ1) is 11.0. The van der Waals surface area contributed by atoms with Crippen LogP contribution in [0.5, 0.6) is 0 Å². The van der Waals surface area contributed by atoms with Gasteiger partial charge in [0, 0.05) is 19.3 Å². The number of ether oxygens (including phenoxy) is 1. The van der Waals surface area contributed by atoms with Crippen LogP contribution in [0.1, 0.15) is 29.9 Å². The van der Waals surface area contributed by atoms with Gasteiger partial charge in [-0.05, 0) is 56.2 Å². The maximum atomic E-state index is 5.66. The number of methoxy groups -OCH3 is 1. The summed E-state index contributed by atoms with van der Waals surface area (Å²) in [6, 6.07) is 10.1. The third-order valence-electron chi connectivity index (χ3n) is 3.93. The van der Waals surface area contributed by atoms with Gasteiger partial charge in [-0.25, -0.2) is 0 Å². The van der Waals surface area contributed by atoms with E-state index < -0.39 is 0 Å². The molecule has 124 valence electrons. The number of anilines is 1. The molecule has 0 aliphatic heterocycles. The van der Waals surface area contributed by atoms with E-state index in [0.717, 1.165) is 11.4 Å². The summed E-state index contributed by atoms with van der Waals surface area (Å²) in [5, 5.41) is 4.06. The van der Waals surface area contributed by atoms with E-state index in [4.69, 9.17) is 21.4 Å².